The highest BCUT2D eigenvalue weighted by Gasteiger charge is 2.29. The molecule has 1 saturated heterocycles. The van der Waals surface area contributed by atoms with E-state index in [0.717, 1.165) is 24.4 Å². The standard InChI is InChI=1S/C30H44FN3O5/c1-20-7-9-26(35)19-28(36)39-29(22(3)15-23-16-24(31)18-25(17-23)32(4)5)21(2)8-10-27(20)38-30(37)34-13-11-33(6)12-14-34/h8,10,15-18,20-21,26-27,29,35H,7,9,11-14,19H2,1-6H3/b10-8+,22-15+/t20-,21-,26+,27-,29-/m0/s1. The second-order valence-electron chi connectivity index (χ2n) is 11.2. The summed E-state index contributed by atoms with van der Waals surface area (Å²) < 4.78 is 26.1. The molecule has 9 heteroatoms. The molecule has 216 valence electrons. The van der Waals surface area contributed by atoms with Gasteiger partial charge in [-0.25, -0.2) is 9.18 Å². The van der Waals surface area contributed by atoms with Gasteiger partial charge >= 0.3 is 12.1 Å². The Hall–Kier alpha value is -2.91. The molecule has 0 aliphatic carbocycles. The van der Waals surface area contributed by atoms with E-state index in [1.165, 1.54) is 12.1 Å². The summed E-state index contributed by atoms with van der Waals surface area (Å²) in [5, 5.41) is 10.5. The molecule has 1 aromatic carbocycles. The summed E-state index contributed by atoms with van der Waals surface area (Å²) in [6, 6.07) is 4.76. The minimum absolute atomic E-state index is 0.0539. The number of halogens is 1. The van der Waals surface area contributed by atoms with Crippen LogP contribution in [0.15, 0.2) is 35.9 Å². The van der Waals surface area contributed by atoms with Crippen molar-refractivity contribution in [3.05, 3.63) is 47.3 Å². The Bertz CT molecular complexity index is 1050. The van der Waals surface area contributed by atoms with E-state index >= 15 is 0 Å². The highest BCUT2D eigenvalue weighted by molar-refractivity contribution is 5.71. The zero-order valence-electron chi connectivity index (χ0n) is 24.1. The summed E-state index contributed by atoms with van der Waals surface area (Å²) in [4.78, 5) is 31.4. The summed E-state index contributed by atoms with van der Waals surface area (Å²) in [6.45, 7) is 8.60. The average Bonchev–Trinajstić information content (AvgIpc) is 2.87. The number of cyclic esters (lactones) is 1. The number of ether oxygens (including phenoxy) is 2. The van der Waals surface area contributed by atoms with E-state index < -0.39 is 24.3 Å². The normalized spacial score (nSPS) is 28.6. The van der Waals surface area contributed by atoms with Crippen LogP contribution < -0.4 is 4.90 Å². The third kappa shape index (κ3) is 9.07. The number of nitrogens with zero attached hydrogens (tertiary/aromatic N) is 3. The van der Waals surface area contributed by atoms with Crippen molar-refractivity contribution >= 4 is 23.8 Å². The SMILES string of the molecule is C/C(=C\c1cc(F)cc(N(C)C)c1)[C@H]1OC(=O)C[C@H](O)CC[C@H](C)[C@@H](OC(=O)N2CCN(C)CC2)/C=C/[C@@H]1C. The maximum atomic E-state index is 14.3. The van der Waals surface area contributed by atoms with Crippen molar-refractivity contribution < 1.29 is 28.6 Å². The van der Waals surface area contributed by atoms with Gasteiger partial charge in [0, 0.05) is 51.9 Å². The van der Waals surface area contributed by atoms with Gasteiger partial charge in [-0.05, 0) is 68.1 Å². The minimum Gasteiger partial charge on any atom is -0.457 e. The largest absolute Gasteiger partial charge is 0.457 e. The molecule has 3 rings (SSSR count). The quantitative estimate of drug-likeness (QED) is 0.445. The summed E-state index contributed by atoms with van der Waals surface area (Å²) in [5.41, 5.74) is 2.11. The minimum atomic E-state index is -0.858. The Morgan fingerprint density at radius 1 is 1.13 bits per heavy atom. The molecule has 2 aliphatic heterocycles. The van der Waals surface area contributed by atoms with E-state index in [4.69, 9.17) is 9.47 Å². The molecule has 2 aliphatic rings. The fraction of sp³-hybridized carbons (Fsp3) is 0.600. The topological polar surface area (TPSA) is 82.5 Å². The molecule has 0 unspecified atom stereocenters. The van der Waals surface area contributed by atoms with Crippen molar-refractivity contribution in [2.45, 2.75) is 58.3 Å². The molecule has 0 spiro atoms. The van der Waals surface area contributed by atoms with Gasteiger partial charge in [-0.2, -0.15) is 0 Å². The monoisotopic (exact) mass is 545 g/mol. The zero-order chi connectivity index (χ0) is 28.7. The molecule has 1 N–H and O–H groups in total. The predicted octanol–water partition coefficient (Wildman–Crippen LogP) is 4.33. The van der Waals surface area contributed by atoms with Crippen LogP contribution in [0.1, 0.15) is 45.6 Å². The molecular formula is C30H44FN3O5. The first-order chi connectivity index (χ1) is 18.4. The van der Waals surface area contributed by atoms with E-state index in [2.05, 4.69) is 4.90 Å². The lowest BCUT2D eigenvalue weighted by molar-refractivity contribution is -0.151. The van der Waals surface area contributed by atoms with E-state index in [1.807, 2.05) is 71.1 Å². The van der Waals surface area contributed by atoms with Gasteiger partial charge in [0.15, 0.2) is 0 Å². The van der Waals surface area contributed by atoms with Crippen LogP contribution in [0.3, 0.4) is 0 Å². The Balaban J connectivity index is 1.86. The molecule has 0 radical (unpaired) electrons. The van der Waals surface area contributed by atoms with Gasteiger partial charge < -0.3 is 29.3 Å². The van der Waals surface area contributed by atoms with E-state index in [0.29, 0.717) is 31.5 Å². The summed E-state index contributed by atoms with van der Waals surface area (Å²) in [5.74, 6) is -1.16. The number of hydrogen-bond donors (Lipinski definition) is 1. The zero-order valence-corrected chi connectivity index (χ0v) is 24.1. The second-order valence-corrected chi connectivity index (χ2v) is 11.2. The number of aliphatic hydroxyl groups excluding tert-OH is 1. The number of hydrogen-bond acceptors (Lipinski definition) is 7. The molecule has 5 atom stereocenters. The summed E-state index contributed by atoms with van der Waals surface area (Å²) in [7, 11) is 5.72. The molecule has 1 aromatic rings. The molecule has 2 heterocycles. The van der Waals surface area contributed by atoms with Crippen molar-refractivity contribution in [3.63, 3.8) is 0 Å². The number of piperazine rings is 1. The van der Waals surface area contributed by atoms with Crippen molar-refractivity contribution in [2.75, 3.05) is 52.2 Å². The van der Waals surface area contributed by atoms with Crippen LogP contribution >= 0.6 is 0 Å². The van der Waals surface area contributed by atoms with E-state index in [9.17, 15) is 19.1 Å². The smallest absolute Gasteiger partial charge is 0.410 e. The van der Waals surface area contributed by atoms with Crippen molar-refractivity contribution in [1.82, 2.24) is 9.80 Å². The van der Waals surface area contributed by atoms with Crippen LogP contribution in [0.4, 0.5) is 14.9 Å². The number of aliphatic hydroxyl groups is 1. The first-order valence-corrected chi connectivity index (χ1v) is 13.8. The number of benzene rings is 1. The molecular weight excluding hydrogens is 501 g/mol. The van der Waals surface area contributed by atoms with Gasteiger partial charge in [-0.1, -0.05) is 26.0 Å². The lowest BCUT2D eigenvalue weighted by Crippen LogP contribution is -2.48. The summed E-state index contributed by atoms with van der Waals surface area (Å²) in [6.07, 6.45) is 4.13. The first kappa shape index (κ1) is 30.6. The Morgan fingerprint density at radius 2 is 1.82 bits per heavy atom. The lowest BCUT2D eigenvalue weighted by Gasteiger charge is -2.33. The number of carbonyl (C=O) groups is 2. The number of likely N-dealkylation sites (N-methyl/N-ethyl adjacent to an activating group) is 1. The van der Waals surface area contributed by atoms with E-state index in [1.54, 1.807) is 4.90 Å². The number of amides is 1. The molecule has 0 aromatic heterocycles. The molecule has 0 saturated carbocycles. The van der Waals surface area contributed by atoms with Crippen LogP contribution in [-0.4, -0.2) is 92.6 Å². The number of esters is 1. The molecule has 0 bridgehead atoms. The molecule has 1 fully saturated rings. The first-order valence-electron chi connectivity index (χ1n) is 13.8. The third-order valence-corrected chi connectivity index (χ3v) is 7.52. The van der Waals surface area contributed by atoms with Gasteiger partial charge in [0.2, 0.25) is 0 Å². The van der Waals surface area contributed by atoms with Crippen molar-refractivity contribution in [3.8, 4) is 0 Å². The summed E-state index contributed by atoms with van der Waals surface area (Å²) >= 11 is 0. The van der Waals surface area contributed by atoms with E-state index in [-0.39, 0.29) is 30.2 Å². The van der Waals surface area contributed by atoms with Crippen LogP contribution in [0.5, 0.6) is 0 Å². The Morgan fingerprint density at radius 3 is 2.49 bits per heavy atom. The van der Waals surface area contributed by atoms with Gasteiger partial charge in [-0.15, -0.1) is 0 Å². The van der Waals surface area contributed by atoms with Crippen LogP contribution in [0.2, 0.25) is 0 Å². The average molecular weight is 546 g/mol. The van der Waals surface area contributed by atoms with Gasteiger partial charge in [0.05, 0.1) is 12.5 Å². The fourth-order valence-electron chi connectivity index (χ4n) is 4.91. The fourth-order valence-corrected chi connectivity index (χ4v) is 4.91. The highest BCUT2D eigenvalue weighted by Crippen LogP contribution is 2.27. The Labute approximate surface area is 232 Å². The molecule has 39 heavy (non-hydrogen) atoms. The van der Waals surface area contributed by atoms with Crippen LogP contribution in [-0.2, 0) is 14.3 Å². The second kappa shape index (κ2) is 13.9. The maximum absolute atomic E-state index is 14.3. The highest BCUT2D eigenvalue weighted by atomic mass is 19.1. The number of rotatable bonds is 4. The predicted molar refractivity (Wildman–Crippen MR) is 151 cm³/mol. The van der Waals surface area contributed by atoms with Crippen LogP contribution in [0, 0.1) is 17.7 Å². The van der Waals surface area contributed by atoms with Gasteiger partial charge in [0.1, 0.15) is 18.0 Å². The van der Waals surface area contributed by atoms with Gasteiger partial charge in [-0.3, -0.25) is 4.79 Å². The van der Waals surface area contributed by atoms with Gasteiger partial charge in [0.25, 0.3) is 0 Å². The molecule has 8 nitrogen and oxygen atoms in total. The Kier molecular flexibility index (Phi) is 10.9. The van der Waals surface area contributed by atoms with Crippen LogP contribution in [0.25, 0.3) is 6.08 Å². The lowest BCUT2D eigenvalue weighted by atomic mass is 9.91. The van der Waals surface area contributed by atoms with Crippen molar-refractivity contribution in [2.24, 2.45) is 11.8 Å². The molecule has 1 amide bonds. The van der Waals surface area contributed by atoms with Crippen molar-refractivity contribution in [1.29, 1.82) is 0 Å². The maximum Gasteiger partial charge on any atom is 0.410 e. The number of carbonyl (C=O) groups excluding carboxylic acids is 2. The number of anilines is 1. The third-order valence-electron chi connectivity index (χ3n) is 7.52.